The molecule has 0 N–H and O–H groups in total. The van der Waals surface area contributed by atoms with E-state index < -0.39 is 10.0 Å². The summed E-state index contributed by atoms with van der Waals surface area (Å²) in [5, 5.41) is 1.95. The van der Waals surface area contributed by atoms with Crippen LogP contribution in [0, 0.1) is 0 Å². The first-order valence-corrected chi connectivity index (χ1v) is 9.12. The second-order valence-electron chi connectivity index (χ2n) is 3.77. The van der Waals surface area contributed by atoms with Crippen molar-refractivity contribution in [1.29, 1.82) is 0 Å². The Kier molecular flexibility index (Phi) is 4.28. The van der Waals surface area contributed by atoms with E-state index >= 15 is 0 Å². The minimum absolute atomic E-state index is 0.157. The Morgan fingerprint density at radius 3 is 2.56 bits per heavy atom. The third kappa shape index (κ3) is 2.70. The number of sulfonamides is 1. The van der Waals surface area contributed by atoms with Crippen LogP contribution in [-0.4, -0.2) is 19.8 Å². The van der Waals surface area contributed by atoms with E-state index in [1.54, 1.807) is 30.5 Å². The molecule has 0 aromatic carbocycles. The molecular formula is C11H12BrNO2S3. The first kappa shape index (κ1) is 14.2. The highest BCUT2D eigenvalue weighted by atomic mass is 79.9. The van der Waals surface area contributed by atoms with Gasteiger partial charge >= 0.3 is 0 Å². The number of hydrogen-bond acceptors (Lipinski definition) is 4. The predicted octanol–water partition coefficient (Wildman–Crippen LogP) is 3.95. The molecule has 2 heterocycles. The van der Waals surface area contributed by atoms with E-state index in [9.17, 15) is 8.42 Å². The summed E-state index contributed by atoms with van der Waals surface area (Å²) in [6.07, 6.45) is 0. The van der Waals surface area contributed by atoms with Crippen LogP contribution in [0.25, 0.3) is 0 Å². The van der Waals surface area contributed by atoms with Gasteiger partial charge in [-0.25, -0.2) is 8.42 Å². The molecule has 0 bridgehead atoms. The van der Waals surface area contributed by atoms with E-state index in [-0.39, 0.29) is 6.04 Å². The Morgan fingerprint density at radius 1 is 1.33 bits per heavy atom. The highest BCUT2D eigenvalue weighted by molar-refractivity contribution is 9.11. The minimum Gasteiger partial charge on any atom is -0.206 e. The zero-order valence-electron chi connectivity index (χ0n) is 9.83. The van der Waals surface area contributed by atoms with Crippen LogP contribution in [0.3, 0.4) is 0 Å². The SMILES string of the molecule is CC(c1cccs1)N(C)S(=O)(=O)c1ccc(Br)s1. The van der Waals surface area contributed by atoms with Crippen LogP contribution in [0.1, 0.15) is 17.8 Å². The number of halogens is 1. The van der Waals surface area contributed by atoms with E-state index in [0.717, 1.165) is 8.66 Å². The molecule has 0 amide bonds. The van der Waals surface area contributed by atoms with E-state index in [0.29, 0.717) is 4.21 Å². The number of rotatable bonds is 4. The predicted molar refractivity (Wildman–Crippen MR) is 79.7 cm³/mol. The van der Waals surface area contributed by atoms with Crippen molar-refractivity contribution in [3.05, 3.63) is 38.3 Å². The van der Waals surface area contributed by atoms with Gasteiger partial charge in [-0.05, 0) is 46.4 Å². The molecule has 2 aromatic heterocycles. The molecule has 0 saturated carbocycles. The molecule has 0 radical (unpaired) electrons. The topological polar surface area (TPSA) is 37.4 Å². The van der Waals surface area contributed by atoms with Gasteiger partial charge < -0.3 is 0 Å². The highest BCUT2D eigenvalue weighted by Gasteiger charge is 2.27. The molecule has 3 nitrogen and oxygen atoms in total. The maximum atomic E-state index is 12.4. The fraction of sp³-hybridized carbons (Fsp3) is 0.273. The lowest BCUT2D eigenvalue weighted by Gasteiger charge is -2.22. The highest BCUT2D eigenvalue weighted by Crippen LogP contribution is 2.32. The van der Waals surface area contributed by atoms with Crippen molar-refractivity contribution >= 4 is 48.6 Å². The van der Waals surface area contributed by atoms with Gasteiger partial charge in [0.1, 0.15) is 4.21 Å². The van der Waals surface area contributed by atoms with Crippen LogP contribution in [0.15, 0.2) is 37.6 Å². The van der Waals surface area contributed by atoms with Crippen molar-refractivity contribution in [3.8, 4) is 0 Å². The molecule has 18 heavy (non-hydrogen) atoms. The molecule has 98 valence electrons. The smallest absolute Gasteiger partial charge is 0.206 e. The first-order valence-electron chi connectivity index (χ1n) is 5.19. The summed E-state index contributed by atoms with van der Waals surface area (Å²) in [7, 11) is -1.80. The van der Waals surface area contributed by atoms with Crippen molar-refractivity contribution in [2.24, 2.45) is 0 Å². The standard InChI is InChI=1S/C11H12BrNO2S3/c1-8(9-4-3-7-16-9)13(2)18(14,15)11-6-5-10(12)17-11/h3-8H,1-2H3. The van der Waals surface area contributed by atoms with Crippen molar-refractivity contribution < 1.29 is 8.42 Å². The summed E-state index contributed by atoms with van der Waals surface area (Å²) in [6, 6.07) is 7.10. The van der Waals surface area contributed by atoms with E-state index in [1.807, 2.05) is 24.4 Å². The molecule has 0 aliphatic carbocycles. The molecule has 7 heteroatoms. The molecule has 0 saturated heterocycles. The average Bonchev–Trinajstić information content (AvgIpc) is 2.97. The van der Waals surface area contributed by atoms with Crippen molar-refractivity contribution in [2.45, 2.75) is 17.2 Å². The Balaban J connectivity index is 2.31. The van der Waals surface area contributed by atoms with Gasteiger partial charge in [0.15, 0.2) is 0 Å². The summed E-state index contributed by atoms with van der Waals surface area (Å²) < 4.78 is 27.4. The molecular weight excluding hydrogens is 354 g/mol. The molecule has 1 atom stereocenters. The van der Waals surface area contributed by atoms with Gasteiger partial charge in [-0.2, -0.15) is 4.31 Å². The summed E-state index contributed by atoms with van der Waals surface area (Å²) >= 11 is 6.08. The Bertz CT molecular complexity index is 619. The fourth-order valence-corrected chi connectivity index (χ4v) is 5.93. The largest absolute Gasteiger partial charge is 0.252 e. The third-order valence-electron chi connectivity index (χ3n) is 2.68. The van der Waals surface area contributed by atoms with E-state index in [2.05, 4.69) is 15.9 Å². The van der Waals surface area contributed by atoms with Crippen LogP contribution in [0.4, 0.5) is 0 Å². The van der Waals surface area contributed by atoms with Crippen LogP contribution >= 0.6 is 38.6 Å². The van der Waals surface area contributed by atoms with Gasteiger partial charge in [-0.15, -0.1) is 22.7 Å². The molecule has 0 aliphatic heterocycles. The zero-order valence-corrected chi connectivity index (χ0v) is 13.9. The Morgan fingerprint density at radius 2 is 2.06 bits per heavy atom. The first-order chi connectivity index (χ1) is 8.43. The molecule has 1 unspecified atom stereocenters. The van der Waals surface area contributed by atoms with Gasteiger partial charge in [0.05, 0.1) is 9.83 Å². The molecule has 0 aliphatic rings. The summed E-state index contributed by atoms with van der Waals surface area (Å²) in [5.41, 5.74) is 0. The normalized spacial score (nSPS) is 14.0. The minimum atomic E-state index is -3.41. The van der Waals surface area contributed by atoms with E-state index in [4.69, 9.17) is 0 Å². The Labute approximate surface area is 123 Å². The maximum absolute atomic E-state index is 12.4. The van der Waals surface area contributed by atoms with Crippen LogP contribution < -0.4 is 0 Å². The van der Waals surface area contributed by atoms with Crippen molar-refractivity contribution in [2.75, 3.05) is 7.05 Å². The fourth-order valence-electron chi connectivity index (χ4n) is 1.49. The number of nitrogens with zero attached hydrogens (tertiary/aromatic N) is 1. The molecule has 2 aromatic rings. The maximum Gasteiger partial charge on any atom is 0.252 e. The Hall–Kier alpha value is -0.210. The summed E-state index contributed by atoms with van der Waals surface area (Å²) in [4.78, 5) is 1.04. The lowest BCUT2D eigenvalue weighted by Crippen LogP contribution is -2.28. The zero-order chi connectivity index (χ0) is 13.3. The number of thiophene rings is 2. The van der Waals surface area contributed by atoms with Crippen LogP contribution in [0.5, 0.6) is 0 Å². The lowest BCUT2D eigenvalue weighted by molar-refractivity contribution is 0.404. The van der Waals surface area contributed by atoms with Gasteiger partial charge in [-0.3, -0.25) is 0 Å². The average molecular weight is 366 g/mol. The second kappa shape index (κ2) is 5.42. The van der Waals surface area contributed by atoms with E-state index in [1.165, 1.54) is 15.6 Å². The third-order valence-corrected chi connectivity index (χ3v) is 7.74. The van der Waals surface area contributed by atoms with Crippen LogP contribution in [-0.2, 0) is 10.0 Å². The second-order valence-corrected chi connectivity index (χ2v) is 9.44. The van der Waals surface area contributed by atoms with Gasteiger partial charge in [0.25, 0.3) is 10.0 Å². The van der Waals surface area contributed by atoms with Crippen molar-refractivity contribution in [3.63, 3.8) is 0 Å². The molecule has 0 fully saturated rings. The van der Waals surface area contributed by atoms with Gasteiger partial charge in [0, 0.05) is 11.9 Å². The molecule has 0 spiro atoms. The quantitative estimate of drug-likeness (QED) is 0.822. The number of hydrogen-bond donors (Lipinski definition) is 0. The summed E-state index contributed by atoms with van der Waals surface area (Å²) in [5.74, 6) is 0. The molecule has 2 rings (SSSR count). The lowest BCUT2D eigenvalue weighted by atomic mass is 10.3. The van der Waals surface area contributed by atoms with Gasteiger partial charge in [0.2, 0.25) is 0 Å². The van der Waals surface area contributed by atoms with Crippen molar-refractivity contribution in [1.82, 2.24) is 4.31 Å². The summed E-state index contributed by atoms with van der Waals surface area (Å²) in [6.45, 7) is 1.89. The van der Waals surface area contributed by atoms with Gasteiger partial charge in [-0.1, -0.05) is 6.07 Å². The monoisotopic (exact) mass is 365 g/mol. The van der Waals surface area contributed by atoms with Crippen LogP contribution in [0.2, 0.25) is 0 Å².